The van der Waals surface area contributed by atoms with Gasteiger partial charge in [-0.1, -0.05) is 24.3 Å². The van der Waals surface area contributed by atoms with Gasteiger partial charge in [0, 0.05) is 7.05 Å². The molecule has 23 heavy (non-hydrogen) atoms. The first-order valence-corrected chi connectivity index (χ1v) is 7.69. The molecule has 3 rings (SSSR count). The van der Waals surface area contributed by atoms with Crippen LogP contribution in [0.5, 0.6) is 0 Å². The molecule has 0 unspecified atom stereocenters. The predicted octanol–water partition coefficient (Wildman–Crippen LogP) is 1.37. The number of guanidine groups is 1. The summed E-state index contributed by atoms with van der Waals surface area (Å²) in [5.74, 6) is -0.925. The lowest BCUT2D eigenvalue weighted by Crippen LogP contribution is -2.57. The average Bonchev–Trinajstić information content (AvgIpc) is 3.37. The number of amides is 1. The van der Waals surface area contributed by atoms with Gasteiger partial charge in [0.15, 0.2) is 11.5 Å². The van der Waals surface area contributed by atoms with Crippen LogP contribution in [0.1, 0.15) is 42.7 Å². The van der Waals surface area contributed by atoms with Gasteiger partial charge in [-0.2, -0.15) is 0 Å². The molecular weight excluding hydrogens is 294 g/mol. The van der Waals surface area contributed by atoms with Crippen LogP contribution in [0.4, 0.5) is 0 Å². The first-order valence-electron chi connectivity index (χ1n) is 7.69. The lowest BCUT2D eigenvalue weighted by molar-refractivity contribution is -0.151. The molecule has 1 aromatic rings. The number of nitrogens with zero attached hydrogens (tertiary/aromatic N) is 2. The topological polar surface area (TPSA) is 85.0 Å². The Morgan fingerprint density at radius 2 is 1.87 bits per heavy atom. The van der Waals surface area contributed by atoms with E-state index in [1.807, 2.05) is 24.3 Å². The zero-order chi connectivity index (χ0) is 16.8. The summed E-state index contributed by atoms with van der Waals surface area (Å²) in [5.41, 5.74) is 6.46. The number of hydrogen-bond donors (Lipinski definition) is 1. The van der Waals surface area contributed by atoms with E-state index in [-0.39, 0.29) is 11.9 Å². The molecule has 1 heterocycles. The van der Waals surface area contributed by atoms with Crippen molar-refractivity contribution in [3.63, 3.8) is 0 Å². The number of esters is 1. The van der Waals surface area contributed by atoms with Crippen LogP contribution in [0, 0.1) is 0 Å². The standard InChI is InChI=1S/C17H21N3O3/c1-17(15(22)23-3)13(14(21)20(2)16(18)19-17)12-8-6-11(7-9-12)10-4-5-10/h6-10,13H,4-5H2,1-3H3,(H2,18,19)/t13-,17-/m0/s1. The fourth-order valence-corrected chi connectivity index (χ4v) is 3.14. The highest BCUT2D eigenvalue weighted by Crippen LogP contribution is 2.42. The summed E-state index contributed by atoms with van der Waals surface area (Å²) in [4.78, 5) is 30.6. The van der Waals surface area contributed by atoms with Gasteiger partial charge in [0.2, 0.25) is 5.91 Å². The number of methoxy groups -OCH3 is 1. The van der Waals surface area contributed by atoms with Crippen molar-refractivity contribution in [3.05, 3.63) is 35.4 Å². The molecule has 122 valence electrons. The van der Waals surface area contributed by atoms with Crippen molar-refractivity contribution in [2.24, 2.45) is 10.7 Å². The Morgan fingerprint density at radius 1 is 1.30 bits per heavy atom. The second kappa shape index (κ2) is 5.37. The summed E-state index contributed by atoms with van der Waals surface area (Å²) in [6.07, 6.45) is 2.43. The molecule has 0 spiro atoms. The average molecular weight is 315 g/mol. The van der Waals surface area contributed by atoms with Gasteiger partial charge in [-0.15, -0.1) is 0 Å². The minimum absolute atomic E-state index is 0.0220. The zero-order valence-electron chi connectivity index (χ0n) is 13.6. The van der Waals surface area contributed by atoms with E-state index in [1.165, 1.54) is 30.4 Å². The smallest absolute Gasteiger partial charge is 0.334 e. The Kier molecular flexibility index (Phi) is 3.62. The lowest BCUT2D eigenvalue weighted by Gasteiger charge is -2.38. The summed E-state index contributed by atoms with van der Waals surface area (Å²) in [6.45, 7) is 1.59. The molecule has 1 aliphatic carbocycles. The van der Waals surface area contributed by atoms with Crippen molar-refractivity contribution >= 4 is 17.8 Å². The summed E-state index contributed by atoms with van der Waals surface area (Å²) in [5, 5.41) is 0. The van der Waals surface area contributed by atoms with Crippen LogP contribution >= 0.6 is 0 Å². The molecule has 2 atom stereocenters. The molecule has 0 radical (unpaired) electrons. The number of benzene rings is 1. The predicted molar refractivity (Wildman–Crippen MR) is 86.0 cm³/mol. The number of carbonyl (C=O) groups excluding carboxylic acids is 2. The number of carbonyl (C=O) groups is 2. The maximum absolute atomic E-state index is 12.8. The summed E-state index contributed by atoms with van der Waals surface area (Å²) in [7, 11) is 2.85. The molecule has 1 aliphatic heterocycles. The third kappa shape index (κ3) is 2.48. The van der Waals surface area contributed by atoms with Crippen molar-refractivity contribution in [1.29, 1.82) is 0 Å². The molecule has 0 saturated heterocycles. The normalized spacial score (nSPS) is 27.6. The molecule has 1 saturated carbocycles. The van der Waals surface area contributed by atoms with E-state index >= 15 is 0 Å². The third-order valence-corrected chi connectivity index (χ3v) is 4.75. The van der Waals surface area contributed by atoms with Gasteiger partial charge in [0.05, 0.1) is 13.0 Å². The van der Waals surface area contributed by atoms with Crippen molar-refractivity contribution in [3.8, 4) is 0 Å². The van der Waals surface area contributed by atoms with Crippen LogP contribution in [-0.2, 0) is 14.3 Å². The quantitative estimate of drug-likeness (QED) is 0.854. The molecule has 0 aromatic heterocycles. The number of hydrogen-bond acceptors (Lipinski definition) is 5. The van der Waals surface area contributed by atoms with Crippen LogP contribution in [0.2, 0.25) is 0 Å². The fraction of sp³-hybridized carbons (Fsp3) is 0.471. The van der Waals surface area contributed by atoms with Crippen LogP contribution in [0.3, 0.4) is 0 Å². The van der Waals surface area contributed by atoms with Crippen LogP contribution in [0.15, 0.2) is 29.3 Å². The third-order valence-electron chi connectivity index (χ3n) is 4.75. The molecule has 0 bridgehead atoms. The van der Waals surface area contributed by atoms with Gasteiger partial charge in [-0.05, 0) is 36.8 Å². The summed E-state index contributed by atoms with van der Waals surface area (Å²) >= 11 is 0. The van der Waals surface area contributed by atoms with E-state index < -0.39 is 17.4 Å². The highest BCUT2D eigenvalue weighted by Gasteiger charge is 2.52. The van der Waals surface area contributed by atoms with Crippen LogP contribution in [-0.4, -0.2) is 42.4 Å². The van der Waals surface area contributed by atoms with Gasteiger partial charge in [-0.25, -0.2) is 9.79 Å². The Labute approximate surface area is 135 Å². The van der Waals surface area contributed by atoms with Gasteiger partial charge in [0.1, 0.15) is 0 Å². The molecule has 1 fully saturated rings. The minimum atomic E-state index is -1.36. The molecule has 2 aliphatic rings. The summed E-state index contributed by atoms with van der Waals surface area (Å²) in [6, 6.07) is 7.86. The second-order valence-corrected chi connectivity index (χ2v) is 6.38. The zero-order valence-corrected chi connectivity index (χ0v) is 13.6. The lowest BCUT2D eigenvalue weighted by atomic mass is 9.78. The van der Waals surface area contributed by atoms with E-state index in [9.17, 15) is 9.59 Å². The minimum Gasteiger partial charge on any atom is -0.467 e. The molecule has 1 amide bonds. The van der Waals surface area contributed by atoms with Gasteiger partial charge < -0.3 is 10.5 Å². The van der Waals surface area contributed by atoms with Crippen LogP contribution < -0.4 is 5.73 Å². The number of nitrogens with two attached hydrogens (primary N) is 1. The van der Waals surface area contributed by atoms with E-state index in [0.29, 0.717) is 5.92 Å². The van der Waals surface area contributed by atoms with Crippen molar-refractivity contribution in [1.82, 2.24) is 4.90 Å². The number of ether oxygens (including phenoxy) is 1. The molecule has 1 aromatic carbocycles. The fourth-order valence-electron chi connectivity index (χ4n) is 3.14. The monoisotopic (exact) mass is 315 g/mol. The molecule has 2 N–H and O–H groups in total. The maximum Gasteiger partial charge on any atom is 0.334 e. The SMILES string of the molecule is COC(=O)[C@@]1(C)N=C(N)N(C)C(=O)[C@@H]1c1ccc(C2CC2)cc1. The largest absolute Gasteiger partial charge is 0.467 e. The van der Waals surface area contributed by atoms with E-state index in [1.54, 1.807) is 14.0 Å². The Bertz CT molecular complexity index is 679. The Morgan fingerprint density at radius 3 is 2.39 bits per heavy atom. The van der Waals surface area contributed by atoms with Crippen molar-refractivity contribution in [2.75, 3.05) is 14.2 Å². The Balaban J connectivity index is 2.05. The van der Waals surface area contributed by atoms with E-state index in [2.05, 4.69) is 4.99 Å². The van der Waals surface area contributed by atoms with Crippen LogP contribution in [0.25, 0.3) is 0 Å². The van der Waals surface area contributed by atoms with Gasteiger partial charge in [-0.3, -0.25) is 9.69 Å². The maximum atomic E-state index is 12.8. The summed E-state index contributed by atoms with van der Waals surface area (Å²) < 4.78 is 4.88. The molecular formula is C17H21N3O3. The number of rotatable bonds is 3. The number of aliphatic imine (C=N–C) groups is 1. The van der Waals surface area contributed by atoms with Gasteiger partial charge in [0.25, 0.3) is 0 Å². The molecule has 6 nitrogen and oxygen atoms in total. The van der Waals surface area contributed by atoms with Crippen molar-refractivity contribution in [2.45, 2.75) is 37.1 Å². The van der Waals surface area contributed by atoms with Crippen molar-refractivity contribution < 1.29 is 14.3 Å². The first-order chi connectivity index (χ1) is 10.9. The molecule has 6 heteroatoms. The first kappa shape index (κ1) is 15.5. The highest BCUT2D eigenvalue weighted by atomic mass is 16.5. The number of likely N-dealkylation sites (N-methyl/N-ethyl adjacent to an activating group) is 1. The second-order valence-electron chi connectivity index (χ2n) is 6.38. The van der Waals surface area contributed by atoms with Gasteiger partial charge >= 0.3 is 5.97 Å². The van der Waals surface area contributed by atoms with E-state index in [0.717, 1.165) is 5.56 Å². The van der Waals surface area contributed by atoms with E-state index in [4.69, 9.17) is 10.5 Å². The Hall–Kier alpha value is -2.37. The highest BCUT2D eigenvalue weighted by molar-refractivity contribution is 6.07.